The number of carbonyl (C=O) groups excluding carboxylic acids is 1. The first-order valence-electron chi connectivity index (χ1n) is 5.75. The Labute approximate surface area is 103 Å². The maximum Gasteiger partial charge on any atom is 0.500 e. The normalized spacial score (nSPS) is 21.3. The zero-order valence-electron chi connectivity index (χ0n) is 10.8. The highest BCUT2D eigenvalue weighted by atomic mass is 28.4. The maximum atomic E-state index is 11.5. The van der Waals surface area contributed by atoms with E-state index < -0.39 is 8.80 Å². The van der Waals surface area contributed by atoms with Crippen molar-refractivity contribution in [2.75, 3.05) is 34.4 Å². The van der Waals surface area contributed by atoms with Crippen molar-refractivity contribution in [2.45, 2.75) is 24.9 Å². The van der Waals surface area contributed by atoms with Crippen molar-refractivity contribution in [1.82, 2.24) is 4.90 Å². The van der Waals surface area contributed by atoms with Crippen LogP contribution in [-0.4, -0.2) is 60.1 Å². The molecule has 17 heavy (non-hydrogen) atoms. The van der Waals surface area contributed by atoms with Crippen LogP contribution in [0.25, 0.3) is 0 Å². The summed E-state index contributed by atoms with van der Waals surface area (Å²) >= 11 is 0. The molecule has 6 nitrogen and oxygen atoms in total. The van der Waals surface area contributed by atoms with Crippen LogP contribution in [0.15, 0.2) is 0 Å². The predicted octanol–water partition coefficient (Wildman–Crippen LogP) is -0.186. The Morgan fingerprint density at radius 2 is 1.94 bits per heavy atom. The Kier molecular flexibility index (Phi) is 5.54. The minimum atomic E-state index is -2.50. The number of carbonyl (C=O) groups is 1. The summed E-state index contributed by atoms with van der Waals surface area (Å²) in [5, 5.41) is 0. The second-order valence-corrected chi connectivity index (χ2v) is 7.29. The molecule has 1 aliphatic heterocycles. The Morgan fingerprint density at radius 3 is 2.35 bits per heavy atom. The molecule has 0 aromatic heterocycles. The van der Waals surface area contributed by atoms with Gasteiger partial charge in [-0.3, -0.25) is 4.79 Å². The van der Waals surface area contributed by atoms with Crippen LogP contribution in [0.1, 0.15) is 12.8 Å². The standard InChI is InChI=1S/C10H22N2O4Si/c1-14-17(15-2,16-3)6-4-5-12-8-9(11)7-10(12)13/h9H,4-8,11H2,1-3H3. The van der Waals surface area contributed by atoms with E-state index in [-0.39, 0.29) is 11.9 Å². The van der Waals surface area contributed by atoms with Gasteiger partial charge >= 0.3 is 8.80 Å². The Hall–Kier alpha value is -0.473. The smallest absolute Gasteiger partial charge is 0.377 e. The molecule has 0 aromatic rings. The Balaban J connectivity index is 2.34. The summed E-state index contributed by atoms with van der Waals surface area (Å²) in [6, 6.07) is 0.687. The van der Waals surface area contributed by atoms with Crippen LogP contribution in [0.4, 0.5) is 0 Å². The summed E-state index contributed by atoms with van der Waals surface area (Å²) < 4.78 is 15.9. The van der Waals surface area contributed by atoms with Gasteiger partial charge in [0.05, 0.1) is 0 Å². The average Bonchev–Trinajstić information content (AvgIpc) is 2.64. The Morgan fingerprint density at radius 1 is 1.35 bits per heavy atom. The molecule has 0 saturated carbocycles. The van der Waals surface area contributed by atoms with Gasteiger partial charge in [-0.15, -0.1) is 0 Å². The van der Waals surface area contributed by atoms with E-state index in [9.17, 15) is 4.79 Å². The van der Waals surface area contributed by atoms with Crippen molar-refractivity contribution in [3.63, 3.8) is 0 Å². The molecule has 0 radical (unpaired) electrons. The summed E-state index contributed by atoms with van der Waals surface area (Å²) in [5.74, 6) is 0.136. The van der Waals surface area contributed by atoms with E-state index in [0.717, 1.165) is 6.42 Å². The van der Waals surface area contributed by atoms with Crippen molar-refractivity contribution < 1.29 is 18.1 Å². The fraction of sp³-hybridized carbons (Fsp3) is 0.900. The molecule has 0 bridgehead atoms. The summed E-state index contributed by atoms with van der Waals surface area (Å²) in [7, 11) is 2.28. The van der Waals surface area contributed by atoms with Gasteiger partial charge < -0.3 is 23.9 Å². The SMILES string of the molecule is CO[Si](CCCN1CC(N)CC1=O)(OC)OC. The second kappa shape index (κ2) is 6.46. The fourth-order valence-electron chi connectivity index (χ4n) is 2.06. The molecule has 1 heterocycles. The highest BCUT2D eigenvalue weighted by Gasteiger charge is 2.37. The minimum absolute atomic E-state index is 0.0169. The van der Waals surface area contributed by atoms with Gasteiger partial charge in [-0.2, -0.15) is 0 Å². The summed E-state index contributed by atoms with van der Waals surface area (Å²) in [6.45, 7) is 1.34. The zero-order chi connectivity index (χ0) is 12.9. The fourth-order valence-corrected chi connectivity index (χ4v) is 3.76. The topological polar surface area (TPSA) is 74.0 Å². The van der Waals surface area contributed by atoms with Crippen LogP contribution >= 0.6 is 0 Å². The van der Waals surface area contributed by atoms with Crippen molar-refractivity contribution in [1.29, 1.82) is 0 Å². The number of nitrogens with zero attached hydrogens (tertiary/aromatic N) is 1. The molecule has 1 rings (SSSR count). The van der Waals surface area contributed by atoms with Gasteiger partial charge in [0.15, 0.2) is 0 Å². The molecule has 7 heteroatoms. The molecular formula is C10H22N2O4Si. The van der Waals surface area contributed by atoms with Gasteiger partial charge in [0.1, 0.15) is 0 Å². The third-order valence-corrected chi connectivity index (χ3v) is 5.92. The van der Waals surface area contributed by atoms with E-state index in [1.54, 1.807) is 26.2 Å². The lowest BCUT2D eigenvalue weighted by molar-refractivity contribution is -0.127. The van der Waals surface area contributed by atoms with E-state index in [0.29, 0.717) is 25.6 Å². The van der Waals surface area contributed by atoms with Crippen molar-refractivity contribution in [3.8, 4) is 0 Å². The van der Waals surface area contributed by atoms with Gasteiger partial charge in [-0.25, -0.2) is 0 Å². The lowest BCUT2D eigenvalue weighted by atomic mass is 10.3. The first-order chi connectivity index (χ1) is 8.06. The molecule has 1 atom stereocenters. The lowest BCUT2D eigenvalue weighted by Gasteiger charge is -2.25. The third kappa shape index (κ3) is 3.75. The van der Waals surface area contributed by atoms with Crippen LogP contribution in [0, 0.1) is 0 Å². The van der Waals surface area contributed by atoms with Crippen LogP contribution in [0.2, 0.25) is 6.04 Å². The predicted molar refractivity (Wildman–Crippen MR) is 65.4 cm³/mol. The summed E-state index contributed by atoms with van der Waals surface area (Å²) in [5.41, 5.74) is 5.72. The van der Waals surface area contributed by atoms with Gasteiger partial charge in [0, 0.05) is 52.9 Å². The molecule has 2 N–H and O–H groups in total. The number of nitrogens with two attached hydrogens (primary N) is 1. The third-order valence-electron chi connectivity index (χ3n) is 3.09. The van der Waals surface area contributed by atoms with Gasteiger partial charge in [0.2, 0.25) is 5.91 Å². The van der Waals surface area contributed by atoms with Gasteiger partial charge in [-0.1, -0.05) is 0 Å². The van der Waals surface area contributed by atoms with E-state index in [4.69, 9.17) is 19.0 Å². The largest absolute Gasteiger partial charge is 0.500 e. The van der Waals surface area contributed by atoms with Gasteiger partial charge in [0.25, 0.3) is 0 Å². The van der Waals surface area contributed by atoms with Crippen LogP contribution in [0.3, 0.4) is 0 Å². The first-order valence-corrected chi connectivity index (χ1v) is 7.69. The first kappa shape index (κ1) is 14.6. The van der Waals surface area contributed by atoms with Crippen molar-refractivity contribution >= 4 is 14.7 Å². The number of hydrogen-bond acceptors (Lipinski definition) is 5. The highest BCUT2D eigenvalue weighted by molar-refractivity contribution is 6.60. The minimum Gasteiger partial charge on any atom is -0.377 e. The highest BCUT2D eigenvalue weighted by Crippen LogP contribution is 2.17. The molecule has 0 aromatic carbocycles. The number of likely N-dealkylation sites (tertiary alicyclic amines) is 1. The molecule has 0 aliphatic carbocycles. The van der Waals surface area contributed by atoms with Crippen molar-refractivity contribution in [2.24, 2.45) is 5.73 Å². The quantitative estimate of drug-likeness (QED) is 0.644. The van der Waals surface area contributed by atoms with Crippen LogP contribution < -0.4 is 5.73 Å². The zero-order valence-corrected chi connectivity index (χ0v) is 11.8. The number of rotatable bonds is 7. The molecule has 100 valence electrons. The molecule has 0 spiro atoms. The Bertz CT molecular complexity index is 252. The van der Waals surface area contributed by atoms with Crippen LogP contribution in [-0.2, 0) is 18.1 Å². The van der Waals surface area contributed by atoms with E-state index in [1.807, 2.05) is 0 Å². The summed E-state index contributed by atoms with van der Waals surface area (Å²) in [4.78, 5) is 13.3. The second-order valence-electron chi connectivity index (χ2n) is 4.20. The molecule has 1 saturated heterocycles. The van der Waals surface area contributed by atoms with E-state index in [2.05, 4.69) is 0 Å². The molecular weight excluding hydrogens is 240 g/mol. The molecule has 1 aliphatic rings. The molecule has 1 unspecified atom stereocenters. The number of amides is 1. The maximum absolute atomic E-state index is 11.5. The van der Waals surface area contributed by atoms with Crippen LogP contribution in [0.5, 0.6) is 0 Å². The van der Waals surface area contributed by atoms with Crippen molar-refractivity contribution in [3.05, 3.63) is 0 Å². The number of hydrogen-bond donors (Lipinski definition) is 1. The van der Waals surface area contributed by atoms with E-state index in [1.165, 1.54) is 0 Å². The van der Waals surface area contributed by atoms with E-state index >= 15 is 0 Å². The average molecular weight is 262 g/mol. The summed E-state index contributed by atoms with van der Waals surface area (Å²) in [6.07, 6.45) is 1.27. The monoisotopic (exact) mass is 262 g/mol. The molecule has 1 fully saturated rings. The van der Waals surface area contributed by atoms with Gasteiger partial charge in [-0.05, 0) is 6.42 Å². The molecule has 1 amide bonds. The lowest BCUT2D eigenvalue weighted by Crippen LogP contribution is -2.43.